The summed E-state index contributed by atoms with van der Waals surface area (Å²) in [7, 11) is 0. The maximum absolute atomic E-state index is 13.2. The van der Waals surface area contributed by atoms with Gasteiger partial charge in [0.2, 0.25) is 0 Å². The summed E-state index contributed by atoms with van der Waals surface area (Å²) >= 11 is 1.48. The summed E-state index contributed by atoms with van der Waals surface area (Å²) in [6.07, 6.45) is 1.52. The van der Waals surface area contributed by atoms with Gasteiger partial charge >= 0.3 is 0 Å². The molecular formula is C24H20FN5OS. The first kappa shape index (κ1) is 20.3. The number of hydrogen-bond acceptors (Lipinski definition) is 6. The Morgan fingerprint density at radius 1 is 0.906 bits per heavy atom. The summed E-state index contributed by atoms with van der Waals surface area (Å²) in [6, 6.07) is 18.0. The van der Waals surface area contributed by atoms with Gasteiger partial charge in [0, 0.05) is 48.8 Å². The lowest BCUT2D eigenvalue weighted by Crippen LogP contribution is -2.49. The summed E-state index contributed by atoms with van der Waals surface area (Å²) in [5.74, 6) is 0.476. The first-order valence-electron chi connectivity index (χ1n) is 10.3. The molecule has 0 bridgehead atoms. The van der Waals surface area contributed by atoms with E-state index in [1.165, 1.54) is 29.8 Å². The van der Waals surface area contributed by atoms with Gasteiger partial charge in [0.25, 0.3) is 5.91 Å². The number of piperazine rings is 1. The van der Waals surface area contributed by atoms with Gasteiger partial charge in [-0.15, -0.1) is 11.3 Å². The highest BCUT2D eigenvalue weighted by Crippen LogP contribution is 2.25. The van der Waals surface area contributed by atoms with E-state index in [2.05, 4.69) is 19.9 Å². The lowest BCUT2D eigenvalue weighted by atomic mass is 10.1. The van der Waals surface area contributed by atoms with Gasteiger partial charge in [0.1, 0.15) is 28.7 Å². The number of anilines is 1. The number of rotatable bonds is 4. The van der Waals surface area contributed by atoms with Crippen LogP contribution in [0.5, 0.6) is 0 Å². The van der Waals surface area contributed by atoms with Crippen molar-refractivity contribution in [3.8, 4) is 21.8 Å². The van der Waals surface area contributed by atoms with Crippen LogP contribution < -0.4 is 4.90 Å². The molecule has 4 aromatic rings. The van der Waals surface area contributed by atoms with E-state index in [-0.39, 0.29) is 11.7 Å². The molecule has 6 nitrogen and oxygen atoms in total. The molecule has 160 valence electrons. The lowest BCUT2D eigenvalue weighted by molar-refractivity contribution is 0.0741. The number of carbonyl (C=O) groups excluding carboxylic acids is 1. The molecule has 0 saturated carbocycles. The number of benzene rings is 2. The normalized spacial score (nSPS) is 13.9. The predicted molar refractivity (Wildman–Crippen MR) is 123 cm³/mol. The van der Waals surface area contributed by atoms with E-state index < -0.39 is 0 Å². The van der Waals surface area contributed by atoms with Crippen LogP contribution in [-0.2, 0) is 0 Å². The van der Waals surface area contributed by atoms with E-state index in [1.807, 2.05) is 46.7 Å². The largest absolute Gasteiger partial charge is 0.353 e. The number of aromatic nitrogens is 3. The zero-order valence-electron chi connectivity index (χ0n) is 17.2. The van der Waals surface area contributed by atoms with Crippen LogP contribution in [0.1, 0.15) is 10.5 Å². The topological polar surface area (TPSA) is 62.2 Å². The lowest BCUT2D eigenvalue weighted by Gasteiger charge is -2.35. The third-order valence-electron chi connectivity index (χ3n) is 5.43. The van der Waals surface area contributed by atoms with Gasteiger partial charge in [-0.3, -0.25) is 4.79 Å². The van der Waals surface area contributed by atoms with Crippen molar-refractivity contribution in [1.82, 2.24) is 19.9 Å². The van der Waals surface area contributed by atoms with E-state index in [0.29, 0.717) is 31.9 Å². The van der Waals surface area contributed by atoms with Crippen LogP contribution in [0.15, 0.2) is 72.4 Å². The number of thiazole rings is 1. The van der Waals surface area contributed by atoms with E-state index >= 15 is 0 Å². The van der Waals surface area contributed by atoms with E-state index in [4.69, 9.17) is 0 Å². The van der Waals surface area contributed by atoms with Gasteiger partial charge in [-0.25, -0.2) is 19.3 Å². The van der Waals surface area contributed by atoms with Crippen molar-refractivity contribution in [2.24, 2.45) is 0 Å². The molecule has 0 unspecified atom stereocenters. The molecule has 5 rings (SSSR count). The Labute approximate surface area is 189 Å². The highest BCUT2D eigenvalue weighted by atomic mass is 32.1. The van der Waals surface area contributed by atoms with Crippen LogP contribution in [0.2, 0.25) is 0 Å². The zero-order valence-corrected chi connectivity index (χ0v) is 18.0. The summed E-state index contributed by atoms with van der Waals surface area (Å²) < 4.78 is 13.2. The minimum absolute atomic E-state index is 0.0437. The second kappa shape index (κ2) is 8.84. The van der Waals surface area contributed by atoms with Crippen LogP contribution >= 0.6 is 11.3 Å². The molecule has 0 radical (unpaired) electrons. The van der Waals surface area contributed by atoms with Crippen molar-refractivity contribution in [2.45, 2.75) is 0 Å². The highest BCUT2D eigenvalue weighted by molar-refractivity contribution is 7.13. The molecule has 1 amide bonds. The Kier molecular flexibility index (Phi) is 5.60. The Balaban J connectivity index is 1.25. The molecule has 0 aliphatic carbocycles. The quantitative estimate of drug-likeness (QED) is 0.467. The molecule has 32 heavy (non-hydrogen) atoms. The minimum Gasteiger partial charge on any atom is -0.353 e. The molecule has 0 N–H and O–H groups in total. The number of nitrogens with zero attached hydrogens (tertiary/aromatic N) is 5. The summed E-state index contributed by atoms with van der Waals surface area (Å²) in [5, 5.41) is 2.68. The Hall–Kier alpha value is -3.65. The smallest absolute Gasteiger partial charge is 0.273 e. The van der Waals surface area contributed by atoms with E-state index in [9.17, 15) is 9.18 Å². The first-order chi connectivity index (χ1) is 15.7. The first-order valence-corrected chi connectivity index (χ1v) is 11.2. The van der Waals surface area contributed by atoms with E-state index in [1.54, 1.807) is 12.1 Å². The average molecular weight is 446 g/mol. The standard InChI is InChI=1S/C24H20FN5OS/c25-19-8-6-17(7-9-19)20-14-22(27-16-26-20)29-10-12-30(13-11-29)24(31)21-15-32-23(28-21)18-4-2-1-3-5-18/h1-9,14-16H,10-13H2. The van der Waals surface area contributed by atoms with Crippen molar-refractivity contribution < 1.29 is 9.18 Å². The van der Waals surface area contributed by atoms with Crippen LogP contribution in [0, 0.1) is 5.82 Å². The van der Waals surface area contributed by atoms with Crippen molar-refractivity contribution in [3.63, 3.8) is 0 Å². The number of halogens is 1. The van der Waals surface area contributed by atoms with Gasteiger partial charge in [-0.2, -0.15) is 0 Å². The number of hydrogen-bond donors (Lipinski definition) is 0. The minimum atomic E-state index is -0.278. The molecule has 1 saturated heterocycles. The van der Waals surface area contributed by atoms with Gasteiger partial charge in [-0.1, -0.05) is 30.3 Å². The molecule has 0 spiro atoms. The fourth-order valence-corrected chi connectivity index (χ4v) is 4.48. The Morgan fingerprint density at radius 2 is 1.66 bits per heavy atom. The fourth-order valence-electron chi connectivity index (χ4n) is 3.68. The van der Waals surface area contributed by atoms with Crippen LogP contribution in [0.4, 0.5) is 10.2 Å². The number of carbonyl (C=O) groups is 1. The molecule has 2 aromatic heterocycles. The Morgan fingerprint density at radius 3 is 2.41 bits per heavy atom. The highest BCUT2D eigenvalue weighted by Gasteiger charge is 2.25. The maximum Gasteiger partial charge on any atom is 0.273 e. The molecule has 8 heteroatoms. The average Bonchev–Trinajstić information content (AvgIpc) is 3.35. The second-order valence-corrected chi connectivity index (χ2v) is 8.31. The molecular weight excluding hydrogens is 425 g/mol. The molecule has 0 atom stereocenters. The van der Waals surface area contributed by atoms with Gasteiger partial charge < -0.3 is 9.80 Å². The Bertz CT molecular complexity index is 1220. The van der Waals surface area contributed by atoms with Crippen LogP contribution in [0.3, 0.4) is 0 Å². The van der Waals surface area contributed by atoms with E-state index in [0.717, 1.165) is 27.6 Å². The van der Waals surface area contributed by atoms with Crippen LogP contribution in [-0.4, -0.2) is 51.9 Å². The monoisotopic (exact) mass is 445 g/mol. The maximum atomic E-state index is 13.2. The van der Waals surface area contributed by atoms with Gasteiger partial charge in [-0.05, 0) is 24.3 Å². The molecule has 1 fully saturated rings. The summed E-state index contributed by atoms with van der Waals surface area (Å²) in [5.41, 5.74) is 3.08. The summed E-state index contributed by atoms with van der Waals surface area (Å²) in [4.78, 5) is 30.2. The van der Waals surface area contributed by atoms with Crippen molar-refractivity contribution >= 4 is 23.1 Å². The van der Waals surface area contributed by atoms with Crippen LogP contribution in [0.25, 0.3) is 21.8 Å². The van der Waals surface area contributed by atoms with Gasteiger partial charge in [0.15, 0.2) is 0 Å². The third-order valence-corrected chi connectivity index (χ3v) is 6.32. The van der Waals surface area contributed by atoms with Crippen molar-refractivity contribution in [3.05, 3.63) is 83.9 Å². The molecule has 1 aliphatic rings. The molecule has 1 aliphatic heterocycles. The summed E-state index contributed by atoms with van der Waals surface area (Å²) in [6.45, 7) is 2.52. The molecule has 2 aromatic carbocycles. The number of amides is 1. The second-order valence-electron chi connectivity index (χ2n) is 7.45. The predicted octanol–water partition coefficient (Wildman–Crippen LogP) is 4.37. The van der Waals surface area contributed by atoms with Crippen molar-refractivity contribution in [1.29, 1.82) is 0 Å². The molecule has 3 heterocycles. The van der Waals surface area contributed by atoms with Gasteiger partial charge in [0.05, 0.1) is 5.69 Å². The zero-order chi connectivity index (χ0) is 21.9. The van der Waals surface area contributed by atoms with Crippen molar-refractivity contribution in [2.75, 3.05) is 31.1 Å². The SMILES string of the molecule is O=C(c1csc(-c2ccccc2)n1)N1CCN(c2cc(-c3ccc(F)cc3)ncn2)CC1. The fraction of sp³-hybridized carbons (Fsp3) is 0.167. The third kappa shape index (κ3) is 4.22.